The fourth-order valence-electron chi connectivity index (χ4n) is 2.68. The molecule has 0 aromatic heterocycles. The van der Waals surface area contributed by atoms with Crippen LogP contribution in [0.2, 0.25) is 15.1 Å². The Morgan fingerprint density at radius 3 is 2.50 bits per heavy atom. The molecule has 1 fully saturated rings. The van der Waals surface area contributed by atoms with Gasteiger partial charge in [0.2, 0.25) is 0 Å². The third kappa shape index (κ3) is 2.96. The Bertz CT molecular complexity index is 433. The third-order valence-corrected chi connectivity index (χ3v) is 5.17. The van der Waals surface area contributed by atoms with Gasteiger partial charge in [-0.25, -0.2) is 0 Å². The van der Waals surface area contributed by atoms with Gasteiger partial charge >= 0.3 is 0 Å². The molecule has 1 aromatic rings. The molecule has 0 spiro atoms. The van der Waals surface area contributed by atoms with E-state index in [2.05, 4.69) is 19.2 Å². The summed E-state index contributed by atoms with van der Waals surface area (Å²) in [4.78, 5) is 0. The number of halogens is 3. The van der Waals surface area contributed by atoms with Crippen molar-refractivity contribution in [1.29, 1.82) is 0 Å². The van der Waals surface area contributed by atoms with Crippen molar-refractivity contribution in [3.8, 4) is 0 Å². The quantitative estimate of drug-likeness (QED) is 0.728. The molecular formula is C14H18Cl3N. The van der Waals surface area contributed by atoms with E-state index >= 15 is 0 Å². The number of rotatable bonds is 3. The molecule has 4 heteroatoms. The number of hydrogen-bond donors (Lipinski definition) is 1. The van der Waals surface area contributed by atoms with Gasteiger partial charge in [0.05, 0.1) is 15.1 Å². The first-order valence-corrected chi connectivity index (χ1v) is 7.53. The Hall–Kier alpha value is 0.0500. The zero-order valence-electron chi connectivity index (χ0n) is 10.6. The first-order valence-electron chi connectivity index (χ1n) is 6.40. The van der Waals surface area contributed by atoms with Crippen LogP contribution in [0.1, 0.15) is 44.7 Å². The van der Waals surface area contributed by atoms with Crippen LogP contribution >= 0.6 is 34.8 Å². The number of nitrogens with one attached hydrogen (secondary N) is 1. The Kier molecular flexibility index (Phi) is 4.82. The van der Waals surface area contributed by atoms with E-state index in [1.165, 1.54) is 19.3 Å². The van der Waals surface area contributed by atoms with Crippen LogP contribution in [0.4, 0.5) is 0 Å². The van der Waals surface area contributed by atoms with Gasteiger partial charge in [0.25, 0.3) is 0 Å². The second-order valence-electron chi connectivity index (χ2n) is 5.17. The molecule has 1 aliphatic carbocycles. The lowest BCUT2D eigenvalue weighted by atomic mass is 10.0. The van der Waals surface area contributed by atoms with E-state index < -0.39 is 0 Å². The molecule has 1 aliphatic rings. The lowest BCUT2D eigenvalue weighted by Crippen LogP contribution is -2.33. The van der Waals surface area contributed by atoms with E-state index in [1.807, 2.05) is 6.07 Å². The Morgan fingerprint density at radius 1 is 1.17 bits per heavy atom. The second kappa shape index (κ2) is 6.00. The predicted molar refractivity (Wildman–Crippen MR) is 79.8 cm³/mol. The fourth-order valence-corrected chi connectivity index (χ4v) is 3.39. The molecule has 0 bridgehead atoms. The smallest absolute Gasteiger partial charge is 0.0781 e. The van der Waals surface area contributed by atoms with Crippen LogP contribution < -0.4 is 5.32 Å². The van der Waals surface area contributed by atoms with E-state index in [0.717, 1.165) is 11.5 Å². The van der Waals surface area contributed by atoms with Crippen molar-refractivity contribution in [2.45, 2.75) is 45.2 Å². The van der Waals surface area contributed by atoms with Crippen LogP contribution in [0, 0.1) is 5.92 Å². The molecule has 0 radical (unpaired) electrons. The van der Waals surface area contributed by atoms with Gasteiger partial charge in [-0.3, -0.25) is 0 Å². The summed E-state index contributed by atoms with van der Waals surface area (Å²) in [5.74, 6) is 0.731. The maximum atomic E-state index is 6.26. The summed E-state index contributed by atoms with van der Waals surface area (Å²) in [5.41, 5.74) is 1.02. The van der Waals surface area contributed by atoms with Gasteiger partial charge in [0, 0.05) is 12.1 Å². The van der Waals surface area contributed by atoms with Crippen molar-refractivity contribution in [3.05, 3.63) is 32.8 Å². The lowest BCUT2D eigenvalue weighted by Gasteiger charge is -2.24. The summed E-state index contributed by atoms with van der Waals surface area (Å²) in [6.45, 7) is 4.42. The van der Waals surface area contributed by atoms with E-state index in [9.17, 15) is 0 Å². The Balaban J connectivity index is 2.14. The van der Waals surface area contributed by atoms with E-state index in [0.29, 0.717) is 21.1 Å². The summed E-state index contributed by atoms with van der Waals surface area (Å²) in [5, 5.41) is 5.17. The largest absolute Gasteiger partial charge is 0.307 e. The molecule has 0 heterocycles. The van der Waals surface area contributed by atoms with Gasteiger partial charge in [0.15, 0.2) is 0 Å². The molecule has 2 rings (SSSR count). The molecular weight excluding hydrogens is 289 g/mol. The summed E-state index contributed by atoms with van der Waals surface area (Å²) in [6.07, 6.45) is 3.85. The summed E-state index contributed by atoms with van der Waals surface area (Å²) in [7, 11) is 0. The molecule has 1 aromatic carbocycles. The minimum Gasteiger partial charge on any atom is -0.307 e. The zero-order chi connectivity index (χ0) is 13.3. The monoisotopic (exact) mass is 305 g/mol. The molecule has 100 valence electrons. The molecule has 1 N–H and O–H groups in total. The normalized spacial score (nSPS) is 25.4. The minimum atomic E-state index is 0.192. The highest BCUT2D eigenvalue weighted by atomic mass is 35.5. The van der Waals surface area contributed by atoms with E-state index in [1.54, 1.807) is 6.07 Å². The highest BCUT2D eigenvalue weighted by Crippen LogP contribution is 2.36. The Labute approximate surface area is 124 Å². The number of benzene rings is 1. The van der Waals surface area contributed by atoms with Crippen LogP contribution in [0.5, 0.6) is 0 Å². The first kappa shape index (κ1) is 14.5. The molecule has 0 saturated heterocycles. The van der Waals surface area contributed by atoms with Crippen LogP contribution in [-0.4, -0.2) is 6.04 Å². The topological polar surface area (TPSA) is 12.0 Å². The SMILES string of the molecule is CC(NC1CCCC1C)c1ccc(Cl)c(Cl)c1Cl. The average Bonchev–Trinajstić information content (AvgIpc) is 2.72. The molecule has 0 amide bonds. The van der Waals surface area contributed by atoms with Gasteiger partial charge in [-0.1, -0.05) is 54.2 Å². The van der Waals surface area contributed by atoms with Gasteiger partial charge < -0.3 is 5.32 Å². The Morgan fingerprint density at radius 2 is 1.89 bits per heavy atom. The van der Waals surface area contributed by atoms with Crippen molar-refractivity contribution in [1.82, 2.24) is 5.32 Å². The van der Waals surface area contributed by atoms with E-state index in [-0.39, 0.29) is 6.04 Å². The van der Waals surface area contributed by atoms with Crippen molar-refractivity contribution >= 4 is 34.8 Å². The van der Waals surface area contributed by atoms with Crippen molar-refractivity contribution in [3.63, 3.8) is 0 Å². The third-order valence-electron chi connectivity index (χ3n) is 3.86. The fraction of sp³-hybridized carbons (Fsp3) is 0.571. The maximum absolute atomic E-state index is 6.26. The first-order chi connectivity index (χ1) is 8.50. The van der Waals surface area contributed by atoms with Crippen molar-refractivity contribution in [2.75, 3.05) is 0 Å². The van der Waals surface area contributed by atoms with Gasteiger partial charge in [0.1, 0.15) is 0 Å². The second-order valence-corrected chi connectivity index (χ2v) is 6.33. The predicted octanol–water partition coefficient (Wildman–Crippen LogP) is 5.49. The highest BCUT2D eigenvalue weighted by Gasteiger charge is 2.25. The molecule has 1 saturated carbocycles. The molecule has 3 atom stereocenters. The van der Waals surface area contributed by atoms with Crippen molar-refractivity contribution in [2.24, 2.45) is 5.92 Å². The summed E-state index contributed by atoms with van der Waals surface area (Å²) < 4.78 is 0. The van der Waals surface area contributed by atoms with Crippen LogP contribution in [0.15, 0.2) is 12.1 Å². The van der Waals surface area contributed by atoms with Crippen molar-refractivity contribution < 1.29 is 0 Å². The number of hydrogen-bond acceptors (Lipinski definition) is 1. The molecule has 3 unspecified atom stereocenters. The van der Waals surface area contributed by atoms with Crippen LogP contribution in [0.3, 0.4) is 0 Å². The maximum Gasteiger partial charge on any atom is 0.0781 e. The molecule has 0 aliphatic heterocycles. The molecule has 18 heavy (non-hydrogen) atoms. The van der Waals surface area contributed by atoms with Gasteiger partial charge in [-0.05, 0) is 37.3 Å². The lowest BCUT2D eigenvalue weighted by molar-refractivity contribution is 0.388. The molecule has 1 nitrogen and oxygen atoms in total. The van der Waals surface area contributed by atoms with Gasteiger partial charge in [-0.2, -0.15) is 0 Å². The minimum absolute atomic E-state index is 0.192. The standard InChI is InChI=1S/C14H18Cl3N/c1-8-4-3-5-12(8)18-9(2)10-6-7-11(15)14(17)13(10)16/h6-9,12,18H,3-5H2,1-2H3. The average molecular weight is 307 g/mol. The van der Waals surface area contributed by atoms with Crippen LogP contribution in [0.25, 0.3) is 0 Å². The van der Waals surface area contributed by atoms with Crippen LogP contribution in [-0.2, 0) is 0 Å². The highest BCUT2D eigenvalue weighted by molar-refractivity contribution is 6.48. The summed E-state index contributed by atoms with van der Waals surface area (Å²) in [6, 6.07) is 4.53. The zero-order valence-corrected chi connectivity index (χ0v) is 12.9. The van der Waals surface area contributed by atoms with Gasteiger partial charge in [-0.15, -0.1) is 0 Å². The van der Waals surface area contributed by atoms with E-state index in [4.69, 9.17) is 34.8 Å². The summed E-state index contributed by atoms with van der Waals surface area (Å²) >= 11 is 18.3.